The molecule has 1 unspecified atom stereocenters. The minimum atomic E-state index is -0.587. The molecule has 1 atom stereocenters. The van der Waals surface area contributed by atoms with E-state index in [0.29, 0.717) is 65.9 Å². The van der Waals surface area contributed by atoms with Crippen molar-refractivity contribution in [2.45, 2.75) is 26.3 Å². The average molecular weight is 480 g/mol. The van der Waals surface area contributed by atoms with E-state index in [1.54, 1.807) is 29.2 Å². The number of aromatic nitrogens is 2. The monoisotopic (exact) mass is 480 g/mol. The topological polar surface area (TPSA) is 99.0 Å². The first-order chi connectivity index (χ1) is 17.0. The van der Waals surface area contributed by atoms with E-state index in [4.69, 9.17) is 18.7 Å². The van der Waals surface area contributed by atoms with Crippen molar-refractivity contribution in [2.75, 3.05) is 26.6 Å². The van der Waals surface area contributed by atoms with Crippen molar-refractivity contribution in [3.05, 3.63) is 65.4 Å². The molecule has 0 fully saturated rings. The van der Waals surface area contributed by atoms with Gasteiger partial charge < -0.3 is 24.1 Å². The third-order valence-corrected chi connectivity index (χ3v) is 5.96. The molecule has 3 heterocycles. The Kier molecular flexibility index (Phi) is 6.37. The van der Waals surface area contributed by atoms with Crippen molar-refractivity contribution in [1.82, 2.24) is 20.4 Å². The largest absolute Gasteiger partial charge is 0.454 e. The van der Waals surface area contributed by atoms with Crippen LogP contribution in [0, 0.1) is 5.82 Å². The molecule has 1 aromatic heterocycles. The number of nitrogens with zero attached hydrogens (tertiary/aromatic N) is 3. The van der Waals surface area contributed by atoms with Gasteiger partial charge in [0.15, 0.2) is 11.5 Å². The zero-order valence-electron chi connectivity index (χ0n) is 19.4. The molecule has 0 aliphatic carbocycles. The summed E-state index contributed by atoms with van der Waals surface area (Å²) in [5.41, 5.74) is 2.73. The van der Waals surface area contributed by atoms with E-state index in [9.17, 15) is 9.18 Å². The number of carbonyl (C=O) groups excluding carboxylic acids is 1. The number of benzene rings is 2. The van der Waals surface area contributed by atoms with Gasteiger partial charge in [0.2, 0.25) is 12.6 Å². The zero-order valence-corrected chi connectivity index (χ0v) is 19.4. The van der Waals surface area contributed by atoms with Crippen LogP contribution in [0.2, 0.25) is 0 Å². The van der Waals surface area contributed by atoms with Gasteiger partial charge in [0.25, 0.3) is 5.89 Å². The first kappa shape index (κ1) is 22.9. The number of hydrogen-bond donors (Lipinski definition) is 1. The number of halogens is 1. The highest BCUT2D eigenvalue weighted by atomic mass is 19.1. The number of allylic oxidation sites excluding steroid dienone is 1. The van der Waals surface area contributed by atoms with Crippen LogP contribution in [0.15, 0.2) is 52.7 Å². The second-order valence-electron chi connectivity index (χ2n) is 8.13. The number of ether oxygens (including phenoxy) is 3. The third-order valence-electron chi connectivity index (χ3n) is 5.96. The summed E-state index contributed by atoms with van der Waals surface area (Å²) in [5, 5.41) is 7.17. The van der Waals surface area contributed by atoms with Crippen molar-refractivity contribution >= 4 is 11.6 Å². The molecule has 0 bridgehead atoms. The van der Waals surface area contributed by atoms with Crippen LogP contribution in [0.3, 0.4) is 0 Å². The fraction of sp³-hybridized carbons (Fsp3) is 0.320. The number of nitrogens with one attached hydrogen (secondary N) is 1. The van der Waals surface area contributed by atoms with E-state index < -0.39 is 6.04 Å². The molecule has 3 aromatic rings. The Bertz CT molecular complexity index is 1260. The predicted octanol–water partition coefficient (Wildman–Crippen LogP) is 4.53. The minimum Gasteiger partial charge on any atom is -0.454 e. The van der Waals surface area contributed by atoms with Crippen molar-refractivity contribution in [3.63, 3.8) is 0 Å². The van der Waals surface area contributed by atoms with Gasteiger partial charge in [-0.25, -0.2) is 9.18 Å². The van der Waals surface area contributed by atoms with Crippen LogP contribution in [-0.2, 0) is 4.74 Å². The quantitative estimate of drug-likeness (QED) is 0.473. The van der Waals surface area contributed by atoms with Gasteiger partial charge in [0.1, 0.15) is 5.82 Å². The Morgan fingerprint density at radius 3 is 2.77 bits per heavy atom. The predicted molar refractivity (Wildman–Crippen MR) is 124 cm³/mol. The number of urea groups is 1. The van der Waals surface area contributed by atoms with E-state index in [1.165, 1.54) is 12.1 Å². The second-order valence-corrected chi connectivity index (χ2v) is 8.13. The van der Waals surface area contributed by atoms with E-state index >= 15 is 0 Å². The molecule has 2 aliphatic heterocycles. The maximum atomic E-state index is 13.6. The van der Waals surface area contributed by atoms with Crippen molar-refractivity contribution in [2.24, 2.45) is 0 Å². The molecule has 1 N–H and O–H groups in total. The SMILES string of the molecule is CCOCCCN1C(=O)NC(c2ccc(F)cc2)C(c2nc(-c3ccc4c(c3)OCO4)no2)=C1C. The smallest absolute Gasteiger partial charge is 0.322 e. The average Bonchev–Trinajstić information content (AvgIpc) is 3.53. The molecule has 0 radical (unpaired) electrons. The fourth-order valence-corrected chi connectivity index (χ4v) is 4.19. The Labute approximate surface area is 201 Å². The summed E-state index contributed by atoms with van der Waals surface area (Å²) in [6, 6.07) is 10.5. The van der Waals surface area contributed by atoms with Gasteiger partial charge in [-0.2, -0.15) is 4.98 Å². The highest BCUT2D eigenvalue weighted by Gasteiger charge is 2.35. The molecule has 0 saturated heterocycles. The van der Waals surface area contributed by atoms with Gasteiger partial charge in [-0.3, -0.25) is 4.90 Å². The molecule has 2 amide bonds. The summed E-state index contributed by atoms with van der Waals surface area (Å²) >= 11 is 0. The molecule has 35 heavy (non-hydrogen) atoms. The van der Waals surface area contributed by atoms with Gasteiger partial charge in [0.05, 0.1) is 11.6 Å². The molecule has 2 aliphatic rings. The van der Waals surface area contributed by atoms with Gasteiger partial charge >= 0.3 is 6.03 Å². The molecule has 9 nitrogen and oxygen atoms in total. The highest BCUT2D eigenvalue weighted by molar-refractivity contribution is 5.86. The minimum absolute atomic E-state index is 0.167. The molecule has 5 rings (SSSR count). The van der Waals surface area contributed by atoms with Crippen molar-refractivity contribution < 1.29 is 27.9 Å². The lowest BCUT2D eigenvalue weighted by atomic mass is 9.94. The number of amides is 2. The van der Waals surface area contributed by atoms with Crippen LogP contribution in [0.5, 0.6) is 11.5 Å². The van der Waals surface area contributed by atoms with E-state index in [-0.39, 0.29) is 24.5 Å². The molecule has 10 heteroatoms. The van der Waals surface area contributed by atoms with Crippen LogP contribution >= 0.6 is 0 Å². The number of hydrogen-bond acceptors (Lipinski definition) is 7. The molecule has 0 spiro atoms. The highest BCUT2D eigenvalue weighted by Crippen LogP contribution is 2.39. The van der Waals surface area contributed by atoms with E-state index in [0.717, 1.165) is 0 Å². The van der Waals surface area contributed by atoms with Gasteiger partial charge in [-0.05, 0) is 56.2 Å². The Morgan fingerprint density at radius 2 is 1.97 bits per heavy atom. The lowest BCUT2D eigenvalue weighted by molar-refractivity contribution is 0.136. The lowest BCUT2D eigenvalue weighted by Gasteiger charge is -2.35. The Morgan fingerprint density at radius 1 is 1.17 bits per heavy atom. The lowest BCUT2D eigenvalue weighted by Crippen LogP contribution is -2.46. The standard InChI is InChI=1S/C25H25FN4O5/c1-3-32-12-4-11-30-15(2)21(22(27-25(30)31)16-5-8-18(26)9-6-16)24-28-23(29-35-24)17-7-10-19-20(13-17)34-14-33-19/h5-10,13,22H,3-4,11-12,14H2,1-2H3,(H,27,31). The van der Waals surface area contributed by atoms with Gasteiger partial charge in [0, 0.05) is 31.0 Å². The Hall–Kier alpha value is -3.92. The first-order valence-electron chi connectivity index (χ1n) is 11.4. The number of carbonyl (C=O) groups is 1. The number of rotatable bonds is 8. The maximum absolute atomic E-state index is 13.6. The van der Waals surface area contributed by atoms with Crippen LogP contribution in [0.25, 0.3) is 17.0 Å². The molecule has 182 valence electrons. The normalized spacial score (nSPS) is 17.2. The van der Waals surface area contributed by atoms with Crippen LogP contribution in [0.1, 0.15) is 37.8 Å². The van der Waals surface area contributed by atoms with E-state index in [1.807, 2.05) is 19.9 Å². The molecular formula is C25H25FN4O5. The van der Waals surface area contributed by atoms with Gasteiger partial charge in [-0.1, -0.05) is 17.3 Å². The molecule has 0 saturated carbocycles. The molecular weight excluding hydrogens is 455 g/mol. The fourth-order valence-electron chi connectivity index (χ4n) is 4.19. The summed E-state index contributed by atoms with van der Waals surface area (Å²) in [5.74, 6) is 1.54. The zero-order chi connectivity index (χ0) is 24.4. The summed E-state index contributed by atoms with van der Waals surface area (Å²) in [4.78, 5) is 19.3. The van der Waals surface area contributed by atoms with Crippen LogP contribution in [0.4, 0.5) is 9.18 Å². The number of fused-ring (bicyclic) bond motifs is 1. The summed E-state index contributed by atoms with van der Waals surface area (Å²) in [7, 11) is 0. The summed E-state index contributed by atoms with van der Waals surface area (Å²) in [6.45, 7) is 5.55. The van der Waals surface area contributed by atoms with Crippen molar-refractivity contribution in [1.29, 1.82) is 0 Å². The molecule has 2 aromatic carbocycles. The summed E-state index contributed by atoms with van der Waals surface area (Å²) < 4.78 is 35.5. The van der Waals surface area contributed by atoms with Gasteiger partial charge in [-0.15, -0.1) is 0 Å². The van der Waals surface area contributed by atoms with Crippen LogP contribution < -0.4 is 14.8 Å². The van der Waals surface area contributed by atoms with Crippen molar-refractivity contribution in [3.8, 4) is 22.9 Å². The first-order valence-corrected chi connectivity index (χ1v) is 11.4. The third kappa shape index (κ3) is 4.57. The maximum Gasteiger partial charge on any atom is 0.322 e. The summed E-state index contributed by atoms with van der Waals surface area (Å²) in [6.07, 6.45) is 0.666. The second kappa shape index (κ2) is 9.75. The Balaban J connectivity index is 1.51. The van der Waals surface area contributed by atoms with Crippen LogP contribution in [-0.4, -0.2) is 47.6 Å². The van der Waals surface area contributed by atoms with E-state index in [2.05, 4.69) is 15.5 Å².